The van der Waals surface area contributed by atoms with Crippen LogP contribution < -0.4 is 5.32 Å². The summed E-state index contributed by atoms with van der Waals surface area (Å²) in [4.78, 5) is 3.24. The van der Waals surface area contributed by atoms with Gasteiger partial charge in [-0.25, -0.2) is 4.98 Å². The Morgan fingerprint density at radius 1 is 1.46 bits per heavy atom. The van der Waals surface area contributed by atoms with Crippen molar-refractivity contribution in [2.24, 2.45) is 0 Å². The molecule has 71 valence electrons. The first-order valence-corrected chi connectivity index (χ1v) is 3.84. The van der Waals surface area contributed by atoms with Gasteiger partial charge in [-0.3, -0.25) is 0 Å². The fourth-order valence-corrected chi connectivity index (χ4v) is 1.36. The number of imidazole rings is 1. The summed E-state index contributed by atoms with van der Waals surface area (Å²) in [5.41, 5.74) is 0.471. The van der Waals surface area contributed by atoms with Gasteiger partial charge in [0.2, 0.25) is 5.82 Å². The fraction of sp³-hybridized carbons (Fsp3) is 0.571. The van der Waals surface area contributed by atoms with E-state index in [1.807, 2.05) is 0 Å². The lowest BCUT2D eigenvalue weighted by Crippen LogP contribution is -2.30. The Labute approximate surface area is 72.6 Å². The molecule has 0 bridgehead atoms. The highest BCUT2D eigenvalue weighted by atomic mass is 19.4. The predicted octanol–water partition coefficient (Wildman–Crippen LogP) is 0.805. The van der Waals surface area contributed by atoms with Gasteiger partial charge >= 0.3 is 6.18 Å². The molecule has 1 aromatic heterocycles. The summed E-state index contributed by atoms with van der Waals surface area (Å²) < 4.78 is 38.0. The first-order valence-electron chi connectivity index (χ1n) is 3.84. The van der Waals surface area contributed by atoms with Crippen molar-refractivity contribution < 1.29 is 13.2 Å². The Hall–Kier alpha value is -1.04. The number of hydrogen-bond donors (Lipinski definition) is 1. The molecule has 0 aromatic carbocycles. The van der Waals surface area contributed by atoms with E-state index in [0.717, 1.165) is 4.57 Å². The molecule has 3 nitrogen and oxygen atoms in total. The van der Waals surface area contributed by atoms with Crippen molar-refractivity contribution in [1.29, 1.82) is 0 Å². The molecular formula is C7H7F3N3. The van der Waals surface area contributed by atoms with E-state index in [-0.39, 0.29) is 0 Å². The molecule has 1 aliphatic heterocycles. The third kappa shape index (κ3) is 1.41. The Morgan fingerprint density at radius 2 is 2.23 bits per heavy atom. The maximum absolute atomic E-state index is 12.3. The van der Waals surface area contributed by atoms with Crippen LogP contribution in [0, 0.1) is 6.20 Å². The van der Waals surface area contributed by atoms with E-state index in [9.17, 15) is 13.2 Å². The number of hydrogen-bond acceptors (Lipinski definition) is 2. The molecular weight excluding hydrogens is 183 g/mol. The van der Waals surface area contributed by atoms with Crippen LogP contribution in [0.3, 0.4) is 0 Å². The summed E-state index contributed by atoms with van der Waals surface area (Å²) in [6.07, 6.45) is -2.01. The Bertz CT molecular complexity index is 315. The van der Waals surface area contributed by atoms with Crippen molar-refractivity contribution in [2.75, 3.05) is 6.54 Å². The van der Waals surface area contributed by atoms with Gasteiger partial charge in [-0.15, -0.1) is 0 Å². The number of rotatable bonds is 0. The molecule has 6 heteroatoms. The Balaban J connectivity index is 2.43. The van der Waals surface area contributed by atoms with Crippen molar-refractivity contribution >= 4 is 0 Å². The van der Waals surface area contributed by atoms with Gasteiger partial charge in [0.05, 0.1) is 5.69 Å². The highest BCUT2D eigenvalue weighted by molar-refractivity contribution is 5.08. The number of aromatic nitrogens is 2. The highest BCUT2D eigenvalue weighted by Gasteiger charge is 2.37. The standard InChI is InChI=1S/C7H7F3N3/c8-7(9,10)6-12-4-5-3-11-1-2-13(5)6/h11H,1-3H2. The molecule has 2 heterocycles. The molecule has 0 amide bonds. The van der Waals surface area contributed by atoms with Crippen LogP contribution in [-0.2, 0) is 19.3 Å². The van der Waals surface area contributed by atoms with Crippen molar-refractivity contribution in [2.45, 2.75) is 19.3 Å². The zero-order valence-electron chi connectivity index (χ0n) is 6.65. The second-order valence-corrected chi connectivity index (χ2v) is 2.82. The van der Waals surface area contributed by atoms with E-state index < -0.39 is 12.0 Å². The van der Waals surface area contributed by atoms with Crippen molar-refractivity contribution in [1.82, 2.24) is 14.9 Å². The molecule has 13 heavy (non-hydrogen) atoms. The second-order valence-electron chi connectivity index (χ2n) is 2.82. The molecule has 1 N–H and O–H groups in total. The lowest BCUT2D eigenvalue weighted by molar-refractivity contribution is -0.147. The summed E-state index contributed by atoms with van der Waals surface area (Å²) in [7, 11) is 0. The van der Waals surface area contributed by atoms with Gasteiger partial charge < -0.3 is 9.88 Å². The van der Waals surface area contributed by atoms with Gasteiger partial charge in [-0.1, -0.05) is 0 Å². The zero-order valence-corrected chi connectivity index (χ0v) is 6.65. The average Bonchev–Trinajstić information content (AvgIpc) is 2.45. The Morgan fingerprint density at radius 3 is 2.92 bits per heavy atom. The van der Waals surface area contributed by atoms with E-state index in [1.165, 1.54) is 0 Å². The molecule has 0 fully saturated rings. The maximum atomic E-state index is 12.3. The molecule has 1 radical (unpaired) electrons. The number of alkyl halides is 3. The van der Waals surface area contributed by atoms with E-state index in [4.69, 9.17) is 0 Å². The lowest BCUT2D eigenvalue weighted by atomic mass is 10.3. The van der Waals surface area contributed by atoms with E-state index in [0.29, 0.717) is 25.3 Å². The van der Waals surface area contributed by atoms with Crippen LogP contribution in [-0.4, -0.2) is 16.1 Å². The van der Waals surface area contributed by atoms with Crippen molar-refractivity contribution in [3.63, 3.8) is 0 Å². The van der Waals surface area contributed by atoms with Crippen molar-refractivity contribution in [3.8, 4) is 0 Å². The first-order chi connectivity index (χ1) is 6.09. The van der Waals surface area contributed by atoms with E-state index in [2.05, 4.69) is 16.5 Å². The van der Waals surface area contributed by atoms with Gasteiger partial charge in [0.1, 0.15) is 6.20 Å². The Kier molecular flexibility index (Phi) is 1.80. The minimum Gasteiger partial charge on any atom is -0.321 e. The molecule has 0 aliphatic carbocycles. The zero-order chi connectivity index (χ0) is 9.47. The van der Waals surface area contributed by atoms with E-state index in [1.54, 1.807) is 0 Å². The molecule has 0 spiro atoms. The molecule has 2 rings (SSSR count). The average molecular weight is 190 g/mol. The topological polar surface area (TPSA) is 29.9 Å². The van der Waals surface area contributed by atoms with E-state index >= 15 is 0 Å². The smallest absolute Gasteiger partial charge is 0.321 e. The van der Waals surface area contributed by atoms with Gasteiger partial charge in [0, 0.05) is 19.6 Å². The van der Waals surface area contributed by atoms with Gasteiger partial charge in [0.25, 0.3) is 0 Å². The van der Waals surface area contributed by atoms with Gasteiger partial charge in [-0.2, -0.15) is 13.2 Å². The number of nitrogens with zero attached hydrogens (tertiary/aromatic N) is 2. The highest BCUT2D eigenvalue weighted by Crippen LogP contribution is 2.29. The van der Waals surface area contributed by atoms with Crippen LogP contribution in [0.1, 0.15) is 11.5 Å². The minimum atomic E-state index is -4.37. The molecule has 1 aromatic rings. The monoisotopic (exact) mass is 190 g/mol. The molecule has 0 saturated heterocycles. The minimum absolute atomic E-state index is 0.306. The summed E-state index contributed by atoms with van der Waals surface area (Å²) in [6.45, 7) is 1.25. The SMILES string of the molecule is FC(F)(F)c1n[c]c2n1CCNC2. The van der Waals surface area contributed by atoms with Crippen LogP contribution in [0.4, 0.5) is 13.2 Å². The first kappa shape index (κ1) is 8.55. The number of nitrogens with one attached hydrogen (secondary N) is 1. The lowest BCUT2D eigenvalue weighted by Gasteiger charge is -2.18. The normalized spacial score (nSPS) is 17.2. The molecule has 0 unspecified atom stereocenters. The largest absolute Gasteiger partial charge is 0.449 e. The maximum Gasteiger partial charge on any atom is 0.449 e. The molecule has 0 saturated carbocycles. The summed E-state index contributed by atoms with van der Waals surface area (Å²) in [5.74, 6) is -0.844. The van der Waals surface area contributed by atoms with Crippen LogP contribution in [0.25, 0.3) is 0 Å². The number of fused-ring (bicyclic) bond motifs is 1. The molecule has 1 aliphatic rings. The van der Waals surface area contributed by atoms with Crippen LogP contribution >= 0.6 is 0 Å². The number of halogens is 3. The van der Waals surface area contributed by atoms with Crippen LogP contribution in [0.2, 0.25) is 0 Å². The summed E-state index contributed by atoms with van der Waals surface area (Å²) in [6, 6.07) is 0. The van der Waals surface area contributed by atoms with Gasteiger partial charge in [0.15, 0.2) is 0 Å². The summed E-state index contributed by atoms with van der Waals surface area (Å²) in [5, 5.41) is 2.95. The predicted molar refractivity (Wildman–Crippen MR) is 37.8 cm³/mol. The van der Waals surface area contributed by atoms with Gasteiger partial charge in [-0.05, 0) is 0 Å². The quantitative estimate of drug-likeness (QED) is 0.656. The fourth-order valence-electron chi connectivity index (χ4n) is 1.36. The summed E-state index contributed by atoms with van der Waals surface area (Å²) >= 11 is 0. The molecule has 0 atom stereocenters. The second kappa shape index (κ2) is 2.73. The van der Waals surface area contributed by atoms with Crippen LogP contribution in [0.15, 0.2) is 0 Å². The van der Waals surface area contributed by atoms with Crippen molar-refractivity contribution in [3.05, 3.63) is 17.7 Å². The third-order valence-electron chi connectivity index (χ3n) is 1.93. The van der Waals surface area contributed by atoms with Crippen LogP contribution in [0.5, 0.6) is 0 Å². The third-order valence-corrected chi connectivity index (χ3v) is 1.93.